The third-order valence-electron chi connectivity index (χ3n) is 3.06. The van der Waals surface area contributed by atoms with E-state index in [1.807, 2.05) is 24.3 Å². The highest BCUT2D eigenvalue weighted by atomic mass is 16.5. The summed E-state index contributed by atoms with van der Waals surface area (Å²) >= 11 is 0. The Hall–Kier alpha value is -2.89. The SMILES string of the molecule is COc1ccc(NC(=O)NCCOc2ccccc2OC)cc1. The highest BCUT2D eigenvalue weighted by Crippen LogP contribution is 2.25. The minimum Gasteiger partial charge on any atom is -0.497 e. The molecule has 0 saturated carbocycles. The summed E-state index contributed by atoms with van der Waals surface area (Å²) in [7, 11) is 3.18. The maximum Gasteiger partial charge on any atom is 0.319 e. The first-order valence-corrected chi connectivity index (χ1v) is 7.17. The number of benzene rings is 2. The van der Waals surface area contributed by atoms with Crippen LogP contribution in [0.3, 0.4) is 0 Å². The first-order valence-electron chi connectivity index (χ1n) is 7.17. The molecule has 6 heteroatoms. The molecule has 2 N–H and O–H groups in total. The number of hydrogen-bond donors (Lipinski definition) is 2. The van der Waals surface area contributed by atoms with Crippen molar-refractivity contribution >= 4 is 11.7 Å². The summed E-state index contributed by atoms with van der Waals surface area (Å²) in [5, 5.41) is 5.45. The lowest BCUT2D eigenvalue weighted by atomic mass is 10.3. The molecule has 0 aliphatic rings. The van der Waals surface area contributed by atoms with Gasteiger partial charge in [-0.15, -0.1) is 0 Å². The zero-order valence-corrected chi connectivity index (χ0v) is 13.2. The van der Waals surface area contributed by atoms with E-state index >= 15 is 0 Å². The molecule has 0 saturated heterocycles. The van der Waals surface area contributed by atoms with Crippen LogP contribution in [0.2, 0.25) is 0 Å². The molecule has 0 radical (unpaired) electrons. The summed E-state index contributed by atoms with van der Waals surface area (Å²) in [6, 6.07) is 14.2. The standard InChI is InChI=1S/C17H20N2O4/c1-21-14-9-7-13(8-10-14)19-17(20)18-11-12-23-16-6-4-3-5-15(16)22-2/h3-10H,11-12H2,1-2H3,(H2,18,19,20). The Morgan fingerprint density at radius 2 is 1.65 bits per heavy atom. The largest absolute Gasteiger partial charge is 0.497 e. The van der Waals surface area contributed by atoms with Crippen molar-refractivity contribution < 1.29 is 19.0 Å². The van der Waals surface area contributed by atoms with Gasteiger partial charge in [0.1, 0.15) is 12.4 Å². The van der Waals surface area contributed by atoms with Gasteiger partial charge in [0, 0.05) is 5.69 Å². The molecule has 6 nitrogen and oxygen atoms in total. The van der Waals surface area contributed by atoms with E-state index in [0.29, 0.717) is 30.3 Å². The second-order valence-electron chi connectivity index (χ2n) is 4.61. The van der Waals surface area contributed by atoms with Crippen LogP contribution < -0.4 is 24.8 Å². The minimum atomic E-state index is -0.293. The highest BCUT2D eigenvalue weighted by molar-refractivity contribution is 5.89. The summed E-state index contributed by atoms with van der Waals surface area (Å²) in [6.07, 6.45) is 0. The maximum atomic E-state index is 11.8. The molecule has 0 unspecified atom stereocenters. The molecule has 2 aromatic carbocycles. The number of rotatable bonds is 7. The Labute approximate surface area is 135 Å². The number of carbonyl (C=O) groups is 1. The van der Waals surface area contributed by atoms with E-state index in [9.17, 15) is 4.79 Å². The fourth-order valence-corrected chi connectivity index (χ4v) is 1.91. The van der Waals surface area contributed by atoms with Crippen LogP contribution in [0, 0.1) is 0 Å². The van der Waals surface area contributed by atoms with Crippen LogP contribution in [0.1, 0.15) is 0 Å². The average molecular weight is 316 g/mol. The molecule has 0 spiro atoms. The molecule has 2 amide bonds. The molecule has 0 atom stereocenters. The number of amides is 2. The molecule has 23 heavy (non-hydrogen) atoms. The summed E-state index contributed by atoms with van der Waals surface area (Å²) in [5.41, 5.74) is 0.689. The van der Waals surface area contributed by atoms with Crippen molar-refractivity contribution in [1.29, 1.82) is 0 Å². The molecule has 0 aliphatic carbocycles. The molecule has 2 aromatic rings. The predicted octanol–water partition coefficient (Wildman–Crippen LogP) is 2.90. The number of anilines is 1. The zero-order valence-electron chi connectivity index (χ0n) is 13.2. The second kappa shape index (κ2) is 8.53. The summed E-state index contributed by atoms with van der Waals surface area (Å²) in [5.74, 6) is 2.05. The maximum absolute atomic E-state index is 11.8. The molecular formula is C17H20N2O4. The van der Waals surface area contributed by atoms with Crippen LogP contribution in [0.25, 0.3) is 0 Å². The van der Waals surface area contributed by atoms with Gasteiger partial charge < -0.3 is 24.8 Å². The first-order chi connectivity index (χ1) is 11.2. The van der Waals surface area contributed by atoms with E-state index in [1.165, 1.54) is 0 Å². The molecule has 122 valence electrons. The van der Waals surface area contributed by atoms with E-state index in [1.54, 1.807) is 38.5 Å². The quantitative estimate of drug-likeness (QED) is 0.771. The van der Waals surface area contributed by atoms with E-state index in [2.05, 4.69) is 10.6 Å². The van der Waals surface area contributed by atoms with Gasteiger partial charge in [-0.3, -0.25) is 0 Å². The van der Waals surface area contributed by atoms with E-state index in [0.717, 1.165) is 5.75 Å². The molecule has 2 rings (SSSR count). The number of nitrogens with one attached hydrogen (secondary N) is 2. The number of hydrogen-bond acceptors (Lipinski definition) is 4. The lowest BCUT2D eigenvalue weighted by molar-refractivity contribution is 0.246. The smallest absolute Gasteiger partial charge is 0.319 e. The number of para-hydroxylation sites is 2. The lowest BCUT2D eigenvalue weighted by Crippen LogP contribution is -2.32. The van der Waals surface area contributed by atoms with Gasteiger partial charge in [-0.05, 0) is 36.4 Å². The Balaban J connectivity index is 1.72. The Kier molecular flexibility index (Phi) is 6.11. The van der Waals surface area contributed by atoms with E-state index < -0.39 is 0 Å². The summed E-state index contributed by atoms with van der Waals surface area (Å²) in [4.78, 5) is 11.8. The molecular weight excluding hydrogens is 296 g/mol. The fourth-order valence-electron chi connectivity index (χ4n) is 1.91. The van der Waals surface area contributed by atoms with E-state index in [-0.39, 0.29) is 6.03 Å². The van der Waals surface area contributed by atoms with Crippen molar-refractivity contribution in [3.05, 3.63) is 48.5 Å². The van der Waals surface area contributed by atoms with Gasteiger partial charge >= 0.3 is 6.03 Å². The third kappa shape index (κ3) is 5.10. The Morgan fingerprint density at radius 1 is 0.957 bits per heavy atom. The van der Waals surface area contributed by atoms with Crippen LogP contribution in [0.15, 0.2) is 48.5 Å². The Bertz CT molecular complexity index is 629. The van der Waals surface area contributed by atoms with Crippen molar-refractivity contribution in [3.8, 4) is 17.2 Å². The van der Waals surface area contributed by atoms with Crippen molar-refractivity contribution in [3.63, 3.8) is 0 Å². The predicted molar refractivity (Wildman–Crippen MR) is 88.5 cm³/mol. The monoisotopic (exact) mass is 316 g/mol. The lowest BCUT2D eigenvalue weighted by Gasteiger charge is -2.11. The van der Waals surface area contributed by atoms with Gasteiger partial charge in [0.25, 0.3) is 0 Å². The Morgan fingerprint density at radius 3 is 2.30 bits per heavy atom. The van der Waals surface area contributed by atoms with Crippen LogP contribution >= 0.6 is 0 Å². The second-order valence-corrected chi connectivity index (χ2v) is 4.61. The van der Waals surface area contributed by atoms with Crippen LogP contribution in [-0.2, 0) is 0 Å². The molecule has 0 aromatic heterocycles. The number of urea groups is 1. The van der Waals surface area contributed by atoms with Crippen LogP contribution in [-0.4, -0.2) is 33.4 Å². The zero-order chi connectivity index (χ0) is 16.5. The van der Waals surface area contributed by atoms with Gasteiger partial charge in [0.15, 0.2) is 11.5 Å². The third-order valence-corrected chi connectivity index (χ3v) is 3.06. The molecule has 0 heterocycles. The number of carbonyl (C=O) groups excluding carboxylic acids is 1. The van der Waals surface area contributed by atoms with Crippen molar-refractivity contribution in [2.45, 2.75) is 0 Å². The number of ether oxygens (including phenoxy) is 3. The van der Waals surface area contributed by atoms with Gasteiger partial charge in [0.05, 0.1) is 20.8 Å². The van der Waals surface area contributed by atoms with Gasteiger partial charge in [0.2, 0.25) is 0 Å². The van der Waals surface area contributed by atoms with Crippen molar-refractivity contribution in [2.75, 3.05) is 32.7 Å². The first kappa shape index (κ1) is 16.5. The van der Waals surface area contributed by atoms with Crippen LogP contribution in [0.5, 0.6) is 17.2 Å². The van der Waals surface area contributed by atoms with Crippen molar-refractivity contribution in [1.82, 2.24) is 5.32 Å². The average Bonchev–Trinajstić information content (AvgIpc) is 2.59. The van der Waals surface area contributed by atoms with E-state index in [4.69, 9.17) is 14.2 Å². The highest BCUT2D eigenvalue weighted by Gasteiger charge is 2.04. The molecule has 0 bridgehead atoms. The molecule has 0 fully saturated rings. The summed E-state index contributed by atoms with van der Waals surface area (Å²) < 4.78 is 15.8. The molecule has 0 aliphatic heterocycles. The van der Waals surface area contributed by atoms with Crippen LogP contribution in [0.4, 0.5) is 10.5 Å². The summed E-state index contributed by atoms with van der Waals surface area (Å²) in [6.45, 7) is 0.719. The van der Waals surface area contributed by atoms with Crippen molar-refractivity contribution in [2.24, 2.45) is 0 Å². The van der Waals surface area contributed by atoms with Gasteiger partial charge in [-0.25, -0.2) is 4.79 Å². The normalized spacial score (nSPS) is 9.83. The van der Waals surface area contributed by atoms with Gasteiger partial charge in [-0.2, -0.15) is 0 Å². The minimum absolute atomic E-state index is 0.293. The number of methoxy groups -OCH3 is 2. The topological polar surface area (TPSA) is 68.8 Å². The fraction of sp³-hybridized carbons (Fsp3) is 0.235. The van der Waals surface area contributed by atoms with Gasteiger partial charge in [-0.1, -0.05) is 12.1 Å².